The zero-order valence-corrected chi connectivity index (χ0v) is 15.9. The van der Waals surface area contributed by atoms with Crippen molar-refractivity contribution in [3.63, 3.8) is 0 Å². The van der Waals surface area contributed by atoms with Crippen LogP contribution in [0.5, 0.6) is 5.75 Å². The molecule has 0 heterocycles. The number of phenolic OH excluding ortho intramolecular Hbond substituents is 1. The van der Waals surface area contributed by atoms with E-state index in [0.717, 1.165) is 11.1 Å². The molecular weight excluding hydrogens is 362 g/mol. The maximum atomic E-state index is 12.7. The van der Waals surface area contributed by atoms with Gasteiger partial charge in [-0.05, 0) is 41.8 Å². The number of aromatic hydroxyl groups is 1. The summed E-state index contributed by atoms with van der Waals surface area (Å²) in [6.07, 6.45) is 2.16. The lowest BCUT2D eigenvalue weighted by molar-refractivity contribution is 0.0954. The number of amides is 1. The fraction of sp³-hybridized carbons (Fsp3) is 0.0833. The van der Waals surface area contributed by atoms with Crippen LogP contribution in [0.4, 0.5) is 0 Å². The molecule has 3 rings (SSSR count). The van der Waals surface area contributed by atoms with Gasteiger partial charge in [0.2, 0.25) is 0 Å². The summed E-state index contributed by atoms with van der Waals surface area (Å²) in [5.74, 6) is -0.0485. The first kappa shape index (κ1) is 19.9. The third-order valence-electron chi connectivity index (χ3n) is 4.48. The molecule has 0 unspecified atom stereocenters. The highest BCUT2D eigenvalue weighted by molar-refractivity contribution is 6.15. The number of phenols is 1. The molecule has 0 aliphatic carbocycles. The molecule has 0 aliphatic rings. The first-order valence-electron chi connectivity index (χ1n) is 9.31. The molecule has 0 radical (unpaired) electrons. The summed E-state index contributed by atoms with van der Waals surface area (Å²) in [6, 6.07) is 23.4. The second-order valence-corrected chi connectivity index (χ2v) is 6.60. The molecule has 3 aromatic carbocycles. The molecule has 0 aromatic heterocycles. The van der Waals surface area contributed by atoms with Crippen LogP contribution >= 0.6 is 0 Å². The van der Waals surface area contributed by atoms with Crippen molar-refractivity contribution in [1.29, 1.82) is 5.41 Å². The van der Waals surface area contributed by atoms with E-state index in [1.165, 1.54) is 0 Å². The summed E-state index contributed by atoms with van der Waals surface area (Å²) in [5.41, 5.74) is 9.45. The van der Waals surface area contributed by atoms with Gasteiger partial charge in [0.1, 0.15) is 5.75 Å². The van der Waals surface area contributed by atoms with Crippen LogP contribution in [0.3, 0.4) is 0 Å². The van der Waals surface area contributed by atoms with E-state index >= 15 is 0 Å². The fourth-order valence-corrected chi connectivity index (χ4v) is 2.99. The minimum Gasteiger partial charge on any atom is -0.508 e. The highest BCUT2D eigenvalue weighted by Crippen LogP contribution is 2.15. The average Bonchev–Trinajstić information content (AvgIpc) is 2.74. The first-order valence-corrected chi connectivity index (χ1v) is 9.31. The smallest absolute Gasteiger partial charge is 0.251 e. The Balaban J connectivity index is 1.70. The van der Waals surface area contributed by atoms with Crippen molar-refractivity contribution in [2.45, 2.75) is 6.42 Å². The normalized spacial score (nSPS) is 11.1. The first-order chi connectivity index (χ1) is 14.0. The molecule has 3 aromatic rings. The van der Waals surface area contributed by atoms with Crippen molar-refractivity contribution < 1.29 is 9.90 Å². The number of allylic oxidation sites excluding steroid dienone is 1. The van der Waals surface area contributed by atoms with E-state index in [1.54, 1.807) is 48.5 Å². The summed E-state index contributed by atoms with van der Waals surface area (Å²) < 4.78 is 0. The molecule has 0 bridgehead atoms. The van der Waals surface area contributed by atoms with Gasteiger partial charge < -0.3 is 21.6 Å². The zero-order chi connectivity index (χ0) is 20.6. The Morgan fingerprint density at radius 3 is 2.38 bits per heavy atom. The number of hydrogen-bond donors (Lipinski definition) is 4. The van der Waals surface area contributed by atoms with Crippen molar-refractivity contribution in [1.82, 2.24) is 5.32 Å². The summed E-state index contributed by atoms with van der Waals surface area (Å²) in [5, 5.41) is 20.8. The standard InChI is InChI=1S/C24H23N3O2/c25-22(18-8-2-1-3-9-18)16-23(26)20-11-4-5-12-21(20)24(29)27-14-13-17-7-6-10-19(28)15-17/h1-12,15-16,26,28H,13-14,25H2,(H,27,29)/b22-16-,26-23?. The molecule has 0 spiro atoms. The Morgan fingerprint density at radius 1 is 0.966 bits per heavy atom. The lowest BCUT2D eigenvalue weighted by Gasteiger charge is -2.10. The minimum atomic E-state index is -0.253. The monoisotopic (exact) mass is 385 g/mol. The van der Waals surface area contributed by atoms with E-state index in [0.29, 0.717) is 29.8 Å². The number of hydrogen-bond acceptors (Lipinski definition) is 4. The molecule has 146 valence electrons. The van der Waals surface area contributed by atoms with Crippen LogP contribution in [-0.2, 0) is 6.42 Å². The third-order valence-corrected chi connectivity index (χ3v) is 4.48. The number of carbonyl (C=O) groups excluding carboxylic acids is 1. The van der Waals surface area contributed by atoms with Gasteiger partial charge in [-0.3, -0.25) is 4.79 Å². The van der Waals surface area contributed by atoms with Crippen LogP contribution in [-0.4, -0.2) is 23.3 Å². The topological polar surface area (TPSA) is 99.2 Å². The molecule has 0 aliphatic heterocycles. The quantitative estimate of drug-likeness (QED) is 0.466. The number of carbonyl (C=O) groups is 1. The van der Waals surface area contributed by atoms with Gasteiger partial charge >= 0.3 is 0 Å². The van der Waals surface area contributed by atoms with Gasteiger partial charge in [-0.2, -0.15) is 0 Å². The van der Waals surface area contributed by atoms with Gasteiger partial charge in [-0.25, -0.2) is 0 Å². The second-order valence-electron chi connectivity index (χ2n) is 6.60. The molecule has 0 atom stereocenters. The molecule has 5 nitrogen and oxygen atoms in total. The van der Waals surface area contributed by atoms with E-state index in [4.69, 9.17) is 11.1 Å². The Hall–Kier alpha value is -3.86. The fourth-order valence-electron chi connectivity index (χ4n) is 2.99. The third kappa shape index (κ3) is 5.32. The average molecular weight is 385 g/mol. The van der Waals surface area contributed by atoms with E-state index in [2.05, 4.69) is 5.32 Å². The van der Waals surface area contributed by atoms with Crippen LogP contribution in [0.2, 0.25) is 0 Å². The number of rotatable bonds is 7. The molecule has 0 fully saturated rings. The molecule has 1 amide bonds. The molecule has 5 heteroatoms. The number of nitrogens with one attached hydrogen (secondary N) is 2. The van der Waals surface area contributed by atoms with Crippen molar-refractivity contribution >= 4 is 17.3 Å². The highest BCUT2D eigenvalue weighted by Gasteiger charge is 2.13. The van der Waals surface area contributed by atoms with Crippen LogP contribution in [0, 0.1) is 5.41 Å². The summed E-state index contributed by atoms with van der Waals surface area (Å²) in [4.78, 5) is 12.7. The molecule has 29 heavy (non-hydrogen) atoms. The van der Waals surface area contributed by atoms with Crippen molar-refractivity contribution in [2.24, 2.45) is 5.73 Å². The lowest BCUT2D eigenvalue weighted by atomic mass is 10.0. The minimum absolute atomic E-state index is 0.171. The van der Waals surface area contributed by atoms with Gasteiger partial charge in [0.05, 0.1) is 5.71 Å². The molecule has 0 saturated heterocycles. The SMILES string of the molecule is N=C(/C=C(\N)c1ccccc1)c1ccccc1C(=O)NCCc1cccc(O)c1. The van der Waals surface area contributed by atoms with Crippen LogP contribution < -0.4 is 11.1 Å². The van der Waals surface area contributed by atoms with Gasteiger partial charge in [0.25, 0.3) is 5.91 Å². The predicted molar refractivity (Wildman–Crippen MR) is 116 cm³/mol. The Labute approximate surface area is 170 Å². The Morgan fingerprint density at radius 2 is 1.66 bits per heavy atom. The van der Waals surface area contributed by atoms with Crippen LogP contribution in [0.1, 0.15) is 27.0 Å². The Kier molecular flexibility index (Phi) is 6.43. The van der Waals surface area contributed by atoms with E-state index in [9.17, 15) is 9.90 Å². The van der Waals surface area contributed by atoms with Gasteiger partial charge in [0.15, 0.2) is 0 Å². The van der Waals surface area contributed by atoms with E-state index in [1.807, 2.05) is 36.4 Å². The van der Waals surface area contributed by atoms with Gasteiger partial charge in [-0.15, -0.1) is 0 Å². The molecule has 5 N–H and O–H groups in total. The van der Waals surface area contributed by atoms with Gasteiger partial charge in [0, 0.05) is 23.4 Å². The van der Waals surface area contributed by atoms with Crippen LogP contribution in [0.25, 0.3) is 5.70 Å². The number of benzene rings is 3. The predicted octanol–water partition coefficient (Wildman–Crippen LogP) is 3.73. The summed E-state index contributed by atoms with van der Waals surface area (Å²) in [6.45, 7) is 0.423. The number of nitrogens with two attached hydrogens (primary N) is 1. The summed E-state index contributed by atoms with van der Waals surface area (Å²) >= 11 is 0. The summed E-state index contributed by atoms with van der Waals surface area (Å²) in [7, 11) is 0. The van der Waals surface area contributed by atoms with Crippen molar-refractivity contribution in [2.75, 3.05) is 6.54 Å². The van der Waals surface area contributed by atoms with Crippen LogP contribution in [0.15, 0.2) is 84.9 Å². The maximum absolute atomic E-state index is 12.7. The highest BCUT2D eigenvalue weighted by atomic mass is 16.3. The molecule has 0 saturated carbocycles. The van der Waals surface area contributed by atoms with Crippen molar-refractivity contribution in [3.05, 3.63) is 107 Å². The zero-order valence-electron chi connectivity index (χ0n) is 15.9. The second kappa shape index (κ2) is 9.37. The largest absolute Gasteiger partial charge is 0.508 e. The Bertz CT molecular complexity index is 1040. The maximum Gasteiger partial charge on any atom is 0.251 e. The van der Waals surface area contributed by atoms with E-state index in [-0.39, 0.29) is 17.4 Å². The molecular formula is C24H23N3O2. The van der Waals surface area contributed by atoms with Gasteiger partial charge in [-0.1, -0.05) is 60.7 Å². The van der Waals surface area contributed by atoms with E-state index < -0.39 is 0 Å². The van der Waals surface area contributed by atoms with Crippen molar-refractivity contribution in [3.8, 4) is 5.75 Å². The lowest BCUT2D eigenvalue weighted by Crippen LogP contribution is -2.27.